The molecule has 1 N–H and O–H groups in total. The summed E-state index contributed by atoms with van der Waals surface area (Å²) in [5.41, 5.74) is 0.786. The second kappa shape index (κ2) is 6.05. The molecule has 1 aliphatic rings. The lowest BCUT2D eigenvalue weighted by molar-refractivity contribution is 0.101. The van der Waals surface area contributed by atoms with Crippen LogP contribution in [0.4, 0.5) is 14.5 Å². The van der Waals surface area contributed by atoms with Crippen LogP contribution in [-0.2, 0) is 0 Å². The molecule has 0 unspecified atom stereocenters. The molecule has 4 rings (SSSR count). The highest BCUT2D eigenvalue weighted by molar-refractivity contribution is 6.05. The van der Waals surface area contributed by atoms with Gasteiger partial charge in [-0.2, -0.15) is 0 Å². The van der Waals surface area contributed by atoms with Gasteiger partial charge in [-0.3, -0.25) is 9.59 Å². The van der Waals surface area contributed by atoms with Gasteiger partial charge in [0.25, 0.3) is 11.5 Å². The predicted molar refractivity (Wildman–Crippen MR) is 95.5 cm³/mol. The Morgan fingerprint density at radius 3 is 2.58 bits per heavy atom. The summed E-state index contributed by atoms with van der Waals surface area (Å²) in [5.74, 6) is -2.19. The van der Waals surface area contributed by atoms with Crippen LogP contribution in [0.1, 0.15) is 34.9 Å². The Morgan fingerprint density at radius 1 is 1.12 bits per heavy atom. The number of benzene rings is 2. The first kappa shape index (κ1) is 16.4. The summed E-state index contributed by atoms with van der Waals surface area (Å²) in [6.07, 6.45) is 1.64. The van der Waals surface area contributed by atoms with Crippen molar-refractivity contribution in [3.63, 3.8) is 0 Å². The number of aryl methyl sites for hydroxylation is 1. The van der Waals surface area contributed by atoms with Gasteiger partial charge in [-0.25, -0.2) is 8.78 Å². The fourth-order valence-electron chi connectivity index (χ4n) is 3.08. The van der Waals surface area contributed by atoms with Crippen molar-refractivity contribution in [2.24, 2.45) is 0 Å². The number of nitrogens with one attached hydrogen (secondary N) is 1. The van der Waals surface area contributed by atoms with Gasteiger partial charge in [-0.05, 0) is 49.4 Å². The number of carbonyl (C=O) groups is 1. The first-order valence-corrected chi connectivity index (χ1v) is 8.36. The van der Waals surface area contributed by atoms with E-state index in [1.54, 1.807) is 18.2 Å². The van der Waals surface area contributed by atoms with E-state index in [0.717, 1.165) is 30.5 Å². The van der Waals surface area contributed by atoms with Crippen molar-refractivity contribution in [2.45, 2.75) is 25.8 Å². The lowest BCUT2D eigenvalue weighted by Gasteiger charge is -2.14. The predicted octanol–water partition coefficient (Wildman–Crippen LogP) is 4.18. The number of rotatable bonds is 3. The van der Waals surface area contributed by atoms with Gasteiger partial charge in [-0.15, -0.1) is 0 Å². The van der Waals surface area contributed by atoms with Crippen molar-refractivity contribution in [3.05, 3.63) is 75.7 Å². The summed E-state index contributed by atoms with van der Waals surface area (Å²) in [6, 6.07) is 10.0. The van der Waals surface area contributed by atoms with E-state index in [-0.39, 0.29) is 23.0 Å². The minimum atomic E-state index is -0.866. The fourth-order valence-corrected chi connectivity index (χ4v) is 3.08. The molecule has 4 nitrogen and oxygen atoms in total. The highest BCUT2D eigenvalue weighted by Crippen LogP contribution is 2.35. The van der Waals surface area contributed by atoms with E-state index in [1.807, 2.05) is 13.0 Å². The van der Waals surface area contributed by atoms with Gasteiger partial charge in [0, 0.05) is 17.5 Å². The van der Waals surface area contributed by atoms with Crippen LogP contribution in [0.25, 0.3) is 10.8 Å². The minimum absolute atomic E-state index is 0.0220. The lowest BCUT2D eigenvalue weighted by atomic mass is 10.1. The smallest absolute Gasteiger partial charge is 0.272 e. The third kappa shape index (κ3) is 2.87. The number of hydrogen-bond acceptors (Lipinski definition) is 2. The first-order valence-electron chi connectivity index (χ1n) is 8.36. The van der Waals surface area contributed by atoms with Crippen LogP contribution in [-0.4, -0.2) is 10.5 Å². The quantitative estimate of drug-likeness (QED) is 0.767. The third-order valence-electron chi connectivity index (χ3n) is 4.53. The number of aromatic nitrogens is 1. The summed E-state index contributed by atoms with van der Waals surface area (Å²) in [4.78, 5) is 25.6. The van der Waals surface area contributed by atoms with E-state index in [4.69, 9.17) is 0 Å². The van der Waals surface area contributed by atoms with E-state index in [9.17, 15) is 18.4 Å². The van der Waals surface area contributed by atoms with E-state index in [2.05, 4.69) is 5.32 Å². The van der Waals surface area contributed by atoms with Gasteiger partial charge in [-0.1, -0.05) is 17.7 Å². The molecule has 0 spiro atoms. The highest BCUT2D eigenvalue weighted by Gasteiger charge is 2.30. The Morgan fingerprint density at radius 2 is 1.88 bits per heavy atom. The third-order valence-corrected chi connectivity index (χ3v) is 4.53. The standard InChI is InChI=1S/C20H16F2N2O2/c1-11-2-3-12-9-18(24(14-5-6-14)20(26)15(12)8-11)19(25)23-17-7-4-13(21)10-16(17)22/h2-4,7-10,14H,5-6H2,1H3,(H,23,25). The molecule has 1 saturated carbocycles. The molecule has 0 bridgehead atoms. The van der Waals surface area contributed by atoms with E-state index < -0.39 is 17.5 Å². The molecule has 0 saturated heterocycles. The molecule has 6 heteroatoms. The molecule has 1 amide bonds. The Labute approximate surface area is 148 Å². The van der Waals surface area contributed by atoms with Crippen molar-refractivity contribution in [1.29, 1.82) is 0 Å². The number of halogens is 2. The SMILES string of the molecule is Cc1ccc2cc(C(=O)Nc3ccc(F)cc3F)n(C3CC3)c(=O)c2c1. The number of anilines is 1. The molecule has 1 fully saturated rings. The van der Waals surface area contributed by atoms with Gasteiger partial charge in [0.1, 0.15) is 17.3 Å². The molecule has 0 atom stereocenters. The van der Waals surface area contributed by atoms with E-state index >= 15 is 0 Å². The zero-order valence-electron chi connectivity index (χ0n) is 14.1. The second-order valence-electron chi connectivity index (χ2n) is 6.60. The summed E-state index contributed by atoms with van der Waals surface area (Å²) in [7, 11) is 0. The zero-order chi connectivity index (χ0) is 18.4. The van der Waals surface area contributed by atoms with Gasteiger partial charge >= 0.3 is 0 Å². The lowest BCUT2D eigenvalue weighted by Crippen LogP contribution is -2.28. The normalized spacial score (nSPS) is 13.8. The Kier molecular flexibility index (Phi) is 3.83. The second-order valence-corrected chi connectivity index (χ2v) is 6.60. The maximum Gasteiger partial charge on any atom is 0.272 e. The molecule has 0 aliphatic heterocycles. The molecule has 26 heavy (non-hydrogen) atoms. The molecular weight excluding hydrogens is 338 g/mol. The maximum atomic E-state index is 13.9. The fraction of sp³-hybridized carbons (Fsp3) is 0.200. The molecule has 1 aliphatic carbocycles. The van der Waals surface area contributed by atoms with Gasteiger partial charge in [0.2, 0.25) is 0 Å². The molecular formula is C20H16F2N2O2. The summed E-state index contributed by atoms with van der Waals surface area (Å²) >= 11 is 0. The average Bonchev–Trinajstić information content (AvgIpc) is 3.42. The van der Waals surface area contributed by atoms with Gasteiger partial charge in [0.15, 0.2) is 0 Å². The van der Waals surface area contributed by atoms with Crippen LogP contribution >= 0.6 is 0 Å². The van der Waals surface area contributed by atoms with Crippen molar-refractivity contribution in [3.8, 4) is 0 Å². The molecule has 1 heterocycles. The zero-order valence-corrected chi connectivity index (χ0v) is 14.1. The van der Waals surface area contributed by atoms with Crippen LogP contribution < -0.4 is 10.9 Å². The minimum Gasteiger partial charge on any atom is -0.318 e. The van der Waals surface area contributed by atoms with Crippen LogP contribution in [0.5, 0.6) is 0 Å². The number of fused-ring (bicyclic) bond motifs is 1. The summed E-state index contributed by atoms with van der Waals surface area (Å²) in [6.45, 7) is 1.90. The Hall–Kier alpha value is -3.02. The maximum absolute atomic E-state index is 13.9. The molecule has 2 aromatic carbocycles. The topological polar surface area (TPSA) is 51.1 Å². The van der Waals surface area contributed by atoms with Crippen LogP contribution in [0.2, 0.25) is 0 Å². The van der Waals surface area contributed by atoms with Crippen LogP contribution in [0.3, 0.4) is 0 Å². The number of carbonyl (C=O) groups excluding carboxylic acids is 1. The summed E-state index contributed by atoms with van der Waals surface area (Å²) < 4.78 is 28.4. The highest BCUT2D eigenvalue weighted by atomic mass is 19.1. The van der Waals surface area contributed by atoms with Crippen molar-refractivity contribution in [2.75, 3.05) is 5.32 Å². The summed E-state index contributed by atoms with van der Waals surface area (Å²) in [5, 5.41) is 3.65. The monoisotopic (exact) mass is 354 g/mol. The number of pyridine rings is 1. The first-order chi connectivity index (χ1) is 12.4. The molecule has 0 radical (unpaired) electrons. The van der Waals surface area contributed by atoms with Crippen LogP contribution in [0.15, 0.2) is 47.3 Å². The van der Waals surface area contributed by atoms with Crippen molar-refractivity contribution in [1.82, 2.24) is 4.57 Å². The largest absolute Gasteiger partial charge is 0.318 e. The number of amides is 1. The average molecular weight is 354 g/mol. The molecule has 1 aromatic heterocycles. The van der Waals surface area contributed by atoms with Crippen LogP contribution in [0, 0.1) is 18.6 Å². The van der Waals surface area contributed by atoms with E-state index in [1.165, 1.54) is 4.57 Å². The van der Waals surface area contributed by atoms with Crippen molar-refractivity contribution >= 4 is 22.4 Å². The van der Waals surface area contributed by atoms with E-state index in [0.29, 0.717) is 16.8 Å². The van der Waals surface area contributed by atoms with Gasteiger partial charge in [0.05, 0.1) is 5.69 Å². The molecule has 3 aromatic rings. The van der Waals surface area contributed by atoms with Crippen molar-refractivity contribution < 1.29 is 13.6 Å². The van der Waals surface area contributed by atoms with Gasteiger partial charge < -0.3 is 9.88 Å². The Bertz CT molecular complexity index is 1100. The molecule has 132 valence electrons. The number of nitrogens with zero attached hydrogens (tertiary/aromatic N) is 1. The number of hydrogen-bond donors (Lipinski definition) is 1. The Balaban J connectivity index is 1.82.